The molecular formula is C12H21IN4OS. The Bertz CT molecular complexity index is 381. The van der Waals surface area contributed by atoms with E-state index in [1.165, 1.54) is 5.56 Å². The average Bonchev–Trinajstić information content (AvgIpc) is 2.86. The van der Waals surface area contributed by atoms with E-state index in [0.717, 1.165) is 6.54 Å². The van der Waals surface area contributed by atoms with Crippen LogP contribution in [-0.4, -0.2) is 31.5 Å². The summed E-state index contributed by atoms with van der Waals surface area (Å²) in [4.78, 5) is 15.7. The Morgan fingerprint density at radius 3 is 2.58 bits per heavy atom. The molecule has 0 aliphatic carbocycles. The van der Waals surface area contributed by atoms with Gasteiger partial charge in [0.1, 0.15) is 0 Å². The van der Waals surface area contributed by atoms with Gasteiger partial charge in [-0.1, -0.05) is 0 Å². The van der Waals surface area contributed by atoms with Gasteiger partial charge < -0.3 is 16.0 Å². The molecule has 1 heterocycles. The summed E-state index contributed by atoms with van der Waals surface area (Å²) in [6.45, 7) is 6.16. The van der Waals surface area contributed by atoms with E-state index in [1.807, 2.05) is 25.3 Å². The van der Waals surface area contributed by atoms with Gasteiger partial charge >= 0.3 is 0 Å². The normalized spacial score (nSPS) is 10.5. The summed E-state index contributed by atoms with van der Waals surface area (Å²) in [6, 6.07) is 2.04. The van der Waals surface area contributed by atoms with Crippen molar-refractivity contribution in [3.63, 3.8) is 0 Å². The number of thiophene rings is 1. The van der Waals surface area contributed by atoms with Gasteiger partial charge in [0, 0.05) is 13.1 Å². The van der Waals surface area contributed by atoms with Crippen molar-refractivity contribution in [2.45, 2.75) is 20.4 Å². The van der Waals surface area contributed by atoms with Crippen LogP contribution in [-0.2, 0) is 11.3 Å². The van der Waals surface area contributed by atoms with Crippen molar-refractivity contribution in [1.82, 2.24) is 16.0 Å². The Morgan fingerprint density at radius 2 is 2.00 bits per heavy atom. The molecule has 0 saturated heterocycles. The molecule has 1 aromatic rings. The van der Waals surface area contributed by atoms with Gasteiger partial charge in [0.05, 0.1) is 13.1 Å². The van der Waals surface area contributed by atoms with Gasteiger partial charge in [0.15, 0.2) is 5.96 Å². The van der Waals surface area contributed by atoms with Crippen LogP contribution >= 0.6 is 35.3 Å². The summed E-state index contributed by atoms with van der Waals surface area (Å²) in [7, 11) is 0. The lowest BCUT2D eigenvalue weighted by atomic mass is 10.3. The van der Waals surface area contributed by atoms with E-state index in [2.05, 4.69) is 26.3 Å². The molecular weight excluding hydrogens is 375 g/mol. The number of carbonyl (C=O) groups is 1. The van der Waals surface area contributed by atoms with Crippen LogP contribution in [0.3, 0.4) is 0 Å². The number of amides is 1. The van der Waals surface area contributed by atoms with Crippen LogP contribution < -0.4 is 16.0 Å². The van der Waals surface area contributed by atoms with Gasteiger partial charge in [0.2, 0.25) is 5.91 Å². The number of halogens is 1. The molecule has 0 radical (unpaired) electrons. The first-order chi connectivity index (χ1) is 8.76. The molecule has 5 nitrogen and oxygen atoms in total. The van der Waals surface area contributed by atoms with Crippen LogP contribution in [0.2, 0.25) is 0 Å². The molecule has 7 heteroatoms. The van der Waals surface area contributed by atoms with E-state index in [9.17, 15) is 4.79 Å². The fourth-order valence-corrected chi connectivity index (χ4v) is 1.98. The fourth-order valence-electron chi connectivity index (χ4n) is 1.32. The van der Waals surface area contributed by atoms with E-state index in [-0.39, 0.29) is 36.4 Å². The predicted molar refractivity (Wildman–Crippen MR) is 91.2 cm³/mol. The van der Waals surface area contributed by atoms with Crippen molar-refractivity contribution in [2.75, 3.05) is 19.6 Å². The molecule has 0 saturated carbocycles. The number of rotatable bonds is 6. The molecule has 0 spiro atoms. The highest BCUT2D eigenvalue weighted by Crippen LogP contribution is 2.06. The Hall–Kier alpha value is -0.830. The maximum atomic E-state index is 11.3. The molecule has 0 aromatic carbocycles. The predicted octanol–water partition coefficient (Wildman–Crippen LogP) is 1.56. The van der Waals surface area contributed by atoms with Crippen LogP contribution in [0, 0.1) is 0 Å². The number of aliphatic imine (C=N–C) groups is 1. The van der Waals surface area contributed by atoms with E-state index in [0.29, 0.717) is 19.0 Å². The standard InChI is InChI=1S/C12H20N4OS.HI/c1-3-13-11(17)8-16-12(14-4-2)15-7-10-5-6-18-9-10;/h5-6,9H,3-4,7-8H2,1-2H3,(H,13,17)(H2,14,15,16);1H. The van der Waals surface area contributed by atoms with Gasteiger partial charge in [-0.3, -0.25) is 4.79 Å². The first kappa shape index (κ1) is 18.2. The fraction of sp³-hybridized carbons (Fsp3) is 0.500. The van der Waals surface area contributed by atoms with Gasteiger partial charge in [-0.2, -0.15) is 11.3 Å². The summed E-state index contributed by atoms with van der Waals surface area (Å²) in [5.41, 5.74) is 1.18. The quantitative estimate of drug-likeness (QED) is 0.389. The lowest BCUT2D eigenvalue weighted by molar-refractivity contribution is -0.119. The number of hydrogen-bond donors (Lipinski definition) is 3. The third kappa shape index (κ3) is 8.04. The number of likely N-dealkylation sites (N-methyl/N-ethyl adjacent to an activating group) is 1. The van der Waals surface area contributed by atoms with Gasteiger partial charge in [-0.25, -0.2) is 4.99 Å². The number of nitrogens with zero attached hydrogens (tertiary/aromatic N) is 1. The van der Waals surface area contributed by atoms with Crippen LogP contribution in [0.5, 0.6) is 0 Å². The minimum absolute atomic E-state index is 0. The largest absolute Gasteiger partial charge is 0.357 e. The van der Waals surface area contributed by atoms with Gasteiger partial charge in [0.25, 0.3) is 0 Å². The molecule has 1 amide bonds. The Kier molecular flexibility index (Phi) is 10.6. The lowest BCUT2D eigenvalue weighted by Gasteiger charge is -2.10. The highest BCUT2D eigenvalue weighted by Gasteiger charge is 2.01. The summed E-state index contributed by atoms with van der Waals surface area (Å²) < 4.78 is 0. The SMILES string of the molecule is CCNC(=O)CNC(=NCc1ccsc1)NCC.I. The number of nitrogens with one attached hydrogen (secondary N) is 3. The van der Waals surface area contributed by atoms with Crippen molar-refractivity contribution in [3.8, 4) is 0 Å². The monoisotopic (exact) mass is 396 g/mol. The first-order valence-corrected chi connectivity index (χ1v) is 7.00. The molecule has 108 valence electrons. The maximum absolute atomic E-state index is 11.3. The van der Waals surface area contributed by atoms with Crippen LogP contribution in [0.1, 0.15) is 19.4 Å². The lowest BCUT2D eigenvalue weighted by Crippen LogP contribution is -2.43. The third-order valence-electron chi connectivity index (χ3n) is 2.13. The molecule has 1 aromatic heterocycles. The molecule has 0 atom stereocenters. The Morgan fingerprint density at radius 1 is 1.26 bits per heavy atom. The van der Waals surface area contributed by atoms with E-state index in [4.69, 9.17) is 0 Å². The highest BCUT2D eigenvalue weighted by molar-refractivity contribution is 14.0. The van der Waals surface area contributed by atoms with E-state index < -0.39 is 0 Å². The number of guanidine groups is 1. The molecule has 19 heavy (non-hydrogen) atoms. The zero-order chi connectivity index (χ0) is 13.2. The summed E-state index contributed by atoms with van der Waals surface area (Å²) in [5.74, 6) is 0.633. The second-order valence-electron chi connectivity index (χ2n) is 3.63. The zero-order valence-electron chi connectivity index (χ0n) is 11.2. The van der Waals surface area contributed by atoms with Crippen molar-refractivity contribution in [3.05, 3.63) is 22.4 Å². The van der Waals surface area contributed by atoms with E-state index >= 15 is 0 Å². The van der Waals surface area contributed by atoms with Crippen molar-refractivity contribution >= 4 is 47.2 Å². The molecule has 1 rings (SSSR count). The minimum Gasteiger partial charge on any atom is -0.357 e. The minimum atomic E-state index is -0.0290. The summed E-state index contributed by atoms with van der Waals surface area (Å²) in [6.07, 6.45) is 0. The maximum Gasteiger partial charge on any atom is 0.239 e. The molecule has 0 aliphatic heterocycles. The number of carbonyl (C=O) groups excluding carboxylic acids is 1. The van der Waals surface area contributed by atoms with E-state index in [1.54, 1.807) is 11.3 Å². The summed E-state index contributed by atoms with van der Waals surface area (Å²) in [5, 5.41) is 12.9. The molecule has 0 fully saturated rings. The van der Waals surface area contributed by atoms with Crippen molar-refractivity contribution in [1.29, 1.82) is 0 Å². The molecule has 3 N–H and O–H groups in total. The highest BCUT2D eigenvalue weighted by atomic mass is 127. The molecule has 0 bridgehead atoms. The van der Waals surface area contributed by atoms with Crippen LogP contribution in [0.25, 0.3) is 0 Å². The smallest absolute Gasteiger partial charge is 0.239 e. The van der Waals surface area contributed by atoms with Crippen molar-refractivity contribution in [2.24, 2.45) is 4.99 Å². The van der Waals surface area contributed by atoms with Crippen LogP contribution in [0.4, 0.5) is 0 Å². The Balaban J connectivity index is 0.00000324. The zero-order valence-corrected chi connectivity index (χ0v) is 14.4. The average molecular weight is 396 g/mol. The second-order valence-corrected chi connectivity index (χ2v) is 4.41. The second kappa shape index (κ2) is 11.0. The van der Waals surface area contributed by atoms with Gasteiger partial charge in [-0.15, -0.1) is 24.0 Å². The first-order valence-electron chi connectivity index (χ1n) is 6.06. The Labute approximate surface area is 135 Å². The van der Waals surface area contributed by atoms with Gasteiger partial charge in [-0.05, 0) is 36.2 Å². The summed E-state index contributed by atoms with van der Waals surface area (Å²) >= 11 is 1.66. The van der Waals surface area contributed by atoms with Crippen molar-refractivity contribution < 1.29 is 4.79 Å². The molecule has 0 aliphatic rings. The third-order valence-corrected chi connectivity index (χ3v) is 2.87. The molecule has 0 unspecified atom stereocenters. The van der Waals surface area contributed by atoms with Crippen LogP contribution in [0.15, 0.2) is 21.8 Å². The number of hydrogen-bond acceptors (Lipinski definition) is 3. The topological polar surface area (TPSA) is 65.5 Å².